The van der Waals surface area contributed by atoms with E-state index >= 15 is 0 Å². The number of nitrogens with one attached hydrogen (secondary N) is 1. The van der Waals surface area contributed by atoms with E-state index < -0.39 is 24.1 Å². The molecule has 0 fully saturated rings. The van der Waals surface area contributed by atoms with Crippen molar-refractivity contribution in [1.29, 1.82) is 0 Å². The van der Waals surface area contributed by atoms with E-state index in [2.05, 4.69) is 26.1 Å². The van der Waals surface area contributed by atoms with Gasteiger partial charge < -0.3 is 31.3 Å². The fourth-order valence-corrected chi connectivity index (χ4v) is 5.56. The summed E-state index contributed by atoms with van der Waals surface area (Å²) in [4.78, 5) is 0. The maximum atomic E-state index is 13.9. The number of rotatable bonds is 15. The molecule has 0 spiro atoms. The Morgan fingerprint density at radius 1 is 0.974 bits per heavy atom. The molecule has 0 bridgehead atoms. The lowest BCUT2D eigenvalue weighted by atomic mass is 9.93. The first-order valence-electron chi connectivity index (χ1n) is 13.4. The van der Waals surface area contributed by atoms with E-state index in [-0.39, 0.29) is 11.1 Å². The SMILES string of the molecule is CCC(C(O)C(C)O)N(/C=C(\N)c1cccc(F)c1)SC(CN/C=C(\N)c1cccc(F)c1)CC(C)C(C)C. The van der Waals surface area contributed by atoms with Gasteiger partial charge in [-0.15, -0.1) is 0 Å². The lowest BCUT2D eigenvalue weighted by Crippen LogP contribution is -2.44. The van der Waals surface area contributed by atoms with Crippen molar-refractivity contribution in [2.45, 2.75) is 71.0 Å². The van der Waals surface area contributed by atoms with Crippen LogP contribution in [0.5, 0.6) is 0 Å². The third-order valence-corrected chi connectivity index (χ3v) is 8.14. The van der Waals surface area contributed by atoms with Crippen LogP contribution in [-0.4, -0.2) is 44.6 Å². The molecule has 39 heavy (non-hydrogen) atoms. The highest BCUT2D eigenvalue weighted by Gasteiger charge is 2.30. The molecule has 0 radical (unpaired) electrons. The fourth-order valence-electron chi connectivity index (χ4n) is 4.05. The minimum Gasteiger partial charge on any atom is -0.397 e. The van der Waals surface area contributed by atoms with Crippen molar-refractivity contribution in [1.82, 2.24) is 9.62 Å². The molecule has 0 saturated heterocycles. The van der Waals surface area contributed by atoms with Crippen molar-refractivity contribution in [3.63, 3.8) is 0 Å². The summed E-state index contributed by atoms with van der Waals surface area (Å²) >= 11 is 1.51. The standard InChI is InChI=1S/C30H44F2N4O2S/c1-6-29(30(38)21(5)37)36(18-28(34)23-10-8-12-25(32)15-23)39-26(13-20(4)19(2)3)16-35-17-27(33)22-9-7-11-24(31)14-22/h7-12,14-15,17-21,26,29-30,35,37-38H,6,13,16,33-34H2,1-5H3/b27-17-,28-18-. The van der Waals surface area contributed by atoms with Crippen LogP contribution >= 0.6 is 11.9 Å². The van der Waals surface area contributed by atoms with Crippen LogP contribution in [-0.2, 0) is 0 Å². The number of nitrogens with two attached hydrogens (primary N) is 2. The van der Waals surface area contributed by atoms with E-state index in [1.165, 1.54) is 36.2 Å². The molecule has 7 N–H and O–H groups in total. The molecule has 0 aliphatic carbocycles. The van der Waals surface area contributed by atoms with Crippen LogP contribution in [0.15, 0.2) is 60.9 Å². The molecular formula is C30H44F2N4O2S. The Labute approximate surface area is 236 Å². The molecule has 9 heteroatoms. The maximum absolute atomic E-state index is 13.9. The van der Waals surface area contributed by atoms with Gasteiger partial charge in [-0.3, -0.25) is 0 Å². The van der Waals surface area contributed by atoms with Gasteiger partial charge in [-0.05, 0) is 67.8 Å². The number of aliphatic hydroxyl groups excluding tert-OH is 2. The highest BCUT2D eigenvalue weighted by molar-refractivity contribution is 7.97. The van der Waals surface area contributed by atoms with Gasteiger partial charge in [0, 0.05) is 35.3 Å². The van der Waals surface area contributed by atoms with Gasteiger partial charge in [0.1, 0.15) is 17.7 Å². The van der Waals surface area contributed by atoms with Gasteiger partial charge in [0.2, 0.25) is 0 Å². The lowest BCUT2D eigenvalue weighted by Gasteiger charge is -2.37. The summed E-state index contributed by atoms with van der Waals surface area (Å²) in [6, 6.07) is 11.7. The number of aliphatic hydroxyl groups is 2. The maximum Gasteiger partial charge on any atom is 0.123 e. The third-order valence-electron chi connectivity index (χ3n) is 6.86. The second kappa shape index (κ2) is 15.7. The van der Waals surface area contributed by atoms with Crippen molar-refractivity contribution in [2.75, 3.05) is 6.54 Å². The van der Waals surface area contributed by atoms with Gasteiger partial charge in [0.25, 0.3) is 0 Å². The molecule has 0 heterocycles. The largest absolute Gasteiger partial charge is 0.397 e. The number of hydrogen-bond acceptors (Lipinski definition) is 7. The third kappa shape index (κ3) is 10.4. The molecular weight excluding hydrogens is 518 g/mol. The normalized spacial score (nSPS) is 16.5. The smallest absolute Gasteiger partial charge is 0.123 e. The zero-order valence-electron chi connectivity index (χ0n) is 23.5. The van der Waals surface area contributed by atoms with Crippen LogP contribution in [0.1, 0.15) is 58.6 Å². The summed E-state index contributed by atoms with van der Waals surface area (Å²) in [6.45, 7) is 10.6. The first kappa shape index (κ1) is 32.5. The Kier molecular flexibility index (Phi) is 13.1. The van der Waals surface area contributed by atoms with Gasteiger partial charge in [0.15, 0.2) is 0 Å². The monoisotopic (exact) mass is 562 g/mol. The summed E-state index contributed by atoms with van der Waals surface area (Å²) in [6.07, 6.45) is 2.78. The van der Waals surface area contributed by atoms with Crippen LogP contribution < -0.4 is 16.8 Å². The first-order valence-corrected chi connectivity index (χ1v) is 14.3. The molecule has 0 aromatic heterocycles. The van der Waals surface area contributed by atoms with Crippen LogP contribution in [0, 0.1) is 23.5 Å². The lowest BCUT2D eigenvalue weighted by molar-refractivity contribution is -0.00423. The second-order valence-electron chi connectivity index (χ2n) is 10.4. The number of halogens is 2. The van der Waals surface area contributed by atoms with Crippen molar-refractivity contribution in [2.24, 2.45) is 23.3 Å². The van der Waals surface area contributed by atoms with Crippen LogP contribution in [0.4, 0.5) is 8.78 Å². The van der Waals surface area contributed by atoms with Crippen molar-refractivity contribution in [3.05, 3.63) is 83.7 Å². The fraction of sp³-hybridized carbons (Fsp3) is 0.467. The Morgan fingerprint density at radius 2 is 1.54 bits per heavy atom. The molecule has 0 saturated carbocycles. The molecule has 2 rings (SSSR count). The second-order valence-corrected chi connectivity index (χ2v) is 11.7. The van der Waals surface area contributed by atoms with E-state index in [0.29, 0.717) is 47.3 Å². The van der Waals surface area contributed by atoms with Gasteiger partial charge >= 0.3 is 0 Å². The Hall–Kier alpha value is -2.75. The summed E-state index contributed by atoms with van der Waals surface area (Å²) in [7, 11) is 0. The minimum absolute atomic E-state index is 0.0192. The van der Waals surface area contributed by atoms with E-state index in [1.807, 2.05) is 11.2 Å². The van der Waals surface area contributed by atoms with Crippen molar-refractivity contribution < 1.29 is 19.0 Å². The summed E-state index contributed by atoms with van der Waals surface area (Å²) in [5, 5.41) is 24.4. The molecule has 5 unspecified atom stereocenters. The van der Waals surface area contributed by atoms with Crippen LogP contribution in [0.2, 0.25) is 0 Å². The number of hydrogen-bond donors (Lipinski definition) is 5. The highest BCUT2D eigenvalue weighted by atomic mass is 32.2. The van der Waals surface area contributed by atoms with Crippen molar-refractivity contribution >= 4 is 23.3 Å². The van der Waals surface area contributed by atoms with Crippen molar-refractivity contribution in [3.8, 4) is 0 Å². The minimum atomic E-state index is -1.03. The summed E-state index contributed by atoms with van der Waals surface area (Å²) in [5.74, 6) is 0.0904. The topological polar surface area (TPSA) is 108 Å². The van der Waals surface area contributed by atoms with Gasteiger partial charge in [0.05, 0.1) is 23.5 Å². The number of nitrogens with zero attached hydrogens (tertiary/aromatic N) is 1. The zero-order chi connectivity index (χ0) is 29.1. The predicted octanol–water partition coefficient (Wildman–Crippen LogP) is 5.29. The summed E-state index contributed by atoms with van der Waals surface area (Å²) < 4.78 is 29.4. The van der Waals surface area contributed by atoms with Gasteiger partial charge in [-0.1, -0.05) is 52.0 Å². The van der Waals surface area contributed by atoms with E-state index in [4.69, 9.17) is 11.5 Å². The highest BCUT2D eigenvalue weighted by Crippen LogP contribution is 2.32. The zero-order valence-corrected chi connectivity index (χ0v) is 24.3. The Morgan fingerprint density at radius 3 is 2.03 bits per heavy atom. The molecule has 2 aromatic carbocycles. The molecule has 0 amide bonds. The predicted molar refractivity (Wildman–Crippen MR) is 159 cm³/mol. The molecule has 0 aliphatic rings. The average molecular weight is 563 g/mol. The quantitative estimate of drug-likeness (QED) is 0.188. The molecule has 2 aromatic rings. The van der Waals surface area contributed by atoms with Crippen LogP contribution in [0.3, 0.4) is 0 Å². The summed E-state index contributed by atoms with van der Waals surface area (Å²) in [5.41, 5.74) is 14.5. The van der Waals surface area contributed by atoms with E-state index in [1.54, 1.807) is 43.6 Å². The Bertz CT molecular complexity index is 1100. The average Bonchev–Trinajstić information content (AvgIpc) is 2.88. The molecule has 5 atom stereocenters. The van der Waals surface area contributed by atoms with Crippen LogP contribution in [0.25, 0.3) is 11.4 Å². The van der Waals surface area contributed by atoms with Gasteiger partial charge in [-0.25, -0.2) is 8.78 Å². The van der Waals surface area contributed by atoms with E-state index in [9.17, 15) is 19.0 Å². The van der Waals surface area contributed by atoms with Gasteiger partial charge in [-0.2, -0.15) is 0 Å². The first-order chi connectivity index (χ1) is 18.4. The Balaban J connectivity index is 2.37. The molecule has 216 valence electrons. The number of benzene rings is 2. The molecule has 6 nitrogen and oxygen atoms in total. The molecule has 0 aliphatic heterocycles. The van der Waals surface area contributed by atoms with E-state index in [0.717, 1.165) is 6.42 Å².